The van der Waals surface area contributed by atoms with Crippen LogP contribution in [0.2, 0.25) is 0 Å². The van der Waals surface area contributed by atoms with Gasteiger partial charge in [0, 0.05) is 0 Å². The molecule has 0 saturated heterocycles. The van der Waals surface area contributed by atoms with E-state index in [2.05, 4.69) is 115 Å². The number of fused-ring (bicyclic) bond motifs is 6. The molecule has 0 N–H and O–H groups in total. The number of hydrogen-bond acceptors (Lipinski definition) is 0. The third kappa shape index (κ3) is 4.00. The summed E-state index contributed by atoms with van der Waals surface area (Å²) < 4.78 is 3.39. The Morgan fingerprint density at radius 3 is 1.33 bits per heavy atom. The molecule has 6 aromatic rings. The summed E-state index contributed by atoms with van der Waals surface area (Å²) in [4.78, 5) is 0. The molecule has 0 atom stereocenters. The number of aryl methyl sites for hydroxylation is 2. The minimum absolute atomic E-state index is 1.06. The van der Waals surface area contributed by atoms with E-state index in [-0.39, 0.29) is 0 Å². The van der Waals surface area contributed by atoms with Crippen molar-refractivity contribution in [2.24, 2.45) is 0 Å². The molecule has 0 aromatic heterocycles. The second kappa shape index (κ2) is 9.02. The van der Waals surface area contributed by atoms with Gasteiger partial charge < -0.3 is 0 Å². The molecular weight excluding hydrogens is 527 g/mol. The van der Waals surface area contributed by atoms with E-state index < -0.39 is 0 Å². The van der Waals surface area contributed by atoms with Gasteiger partial charge >= 0.3 is 28.2 Å². The Morgan fingerprint density at radius 1 is 0.533 bits per heavy atom. The van der Waals surface area contributed by atoms with Crippen molar-refractivity contribution in [3.63, 3.8) is 0 Å². The summed E-state index contributed by atoms with van der Waals surface area (Å²) in [5.41, 5.74) is 2.69. The Morgan fingerprint density at radius 2 is 0.900 bits per heavy atom. The Hall–Kier alpha value is -2.64. The topological polar surface area (TPSA) is 0 Å². The number of hydrogen-bond donors (Lipinski definition) is 0. The SMILES string of the molecule is Cc1cc2ccc3ccccc3c2[cH-]1.Cc1cc2ccc3ccccc3c2[cH-]1.[CH2]=[Hf+2]. The van der Waals surface area contributed by atoms with E-state index >= 15 is 0 Å². The second-order valence-electron chi connectivity index (χ2n) is 7.64. The first kappa shape index (κ1) is 20.6. The van der Waals surface area contributed by atoms with Crippen molar-refractivity contribution >= 4 is 47.4 Å². The van der Waals surface area contributed by atoms with Gasteiger partial charge in [0.25, 0.3) is 0 Å². The van der Waals surface area contributed by atoms with Gasteiger partial charge in [0.2, 0.25) is 0 Å². The van der Waals surface area contributed by atoms with Crippen LogP contribution >= 0.6 is 0 Å². The van der Waals surface area contributed by atoms with Gasteiger partial charge in [-0.15, -0.1) is 56.9 Å². The predicted octanol–water partition coefficient (Wildman–Crippen LogP) is 8.01. The second-order valence-corrected chi connectivity index (χ2v) is 7.64. The summed E-state index contributed by atoms with van der Waals surface area (Å²) >= 11 is 1.06. The molecule has 0 fully saturated rings. The van der Waals surface area contributed by atoms with Gasteiger partial charge in [-0.3, -0.25) is 0 Å². The Kier molecular flexibility index (Phi) is 6.20. The van der Waals surface area contributed by atoms with Crippen LogP contribution in [-0.2, 0) is 23.9 Å². The third-order valence-electron chi connectivity index (χ3n) is 5.52. The van der Waals surface area contributed by atoms with Crippen LogP contribution in [0.5, 0.6) is 0 Å². The van der Waals surface area contributed by atoms with Gasteiger partial charge in [-0.25, -0.2) is 0 Å². The third-order valence-corrected chi connectivity index (χ3v) is 5.52. The summed E-state index contributed by atoms with van der Waals surface area (Å²) in [6.45, 7) is 4.30. The summed E-state index contributed by atoms with van der Waals surface area (Å²) in [5.74, 6) is 0. The van der Waals surface area contributed by atoms with Gasteiger partial charge in [-0.1, -0.05) is 96.1 Å². The molecule has 0 saturated carbocycles. The van der Waals surface area contributed by atoms with Gasteiger partial charge in [0.1, 0.15) is 0 Å². The Balaban J connectivity index is 0.000000134. The van der Waals surface area contributed by atoms with E-state index in [0.29, 0.717) is 0 Å². The molecule has 0 heterocycles. The molecule has 0 bridgehead atoms. The standard InChI is InChI=1S/2C14H11.CH2.Hf/c2*1-10-8-12-7-6-11-4-2-3-5-13(11)14(12)9-10;;/h2*2-9H,1H3;1H2;/q2*-1;;+2. The van der Waals surface area contributed by atoms with Crippen LogP contribution in [0, 0.1) is 13.8 Å². The minimum atomic E-state index is 1.06. The average Bonchev–Trinajstić information content (AvgIpc) is 3.37. The molecule has 0 aliphatic carbocycles. The van der Waals surface area contributed by atoms with Crippen molar-refractivity contribution in [3.05, 3.63) is 108 Å². The average molecular weight is 551 g/mol. The van der Waals surface area contributed by atoms with E-state index in [1.54, 1.807) is 0 Å². The maximum absolute atomic E-state index is 3.39. The van der Waals surface area contributed by atoms with Crippen LogP contribution in [0.3, 0.4) is 0 Å². The van der Waals surface area contributed by atoms with E-state index in [0.717, 1.165) is 23.9 Å². The first-order chi connectivity index (χ1) is 14.7. The van der Waals surface area contributed by atoms with Crippen molar-refractivity contribution in [1.82, 2.24) is 0 Å². The summed E-state index contributed by atoms with van der Waals surface area (Å²) in [6, 6.07) is 34.9. The van der Waals surface area contributed by atoms with Crippen LogP contribution in [-0.4, -0.2) is 4.26 Å². The maximum atomic E-state index is 3.39. The molecule has 6 rings (SSSR count). The van der Waals surface area contributed by atoms with Crippen molar-refractivity contribution < 1.29 is 23.9 Å². The monoisotopic (exact) mass is 552 g/mol. The first-order valence-corrected chi connectivity index (χ1v) is 12.7. The Bertz CT molecular complexity index is 1330. The predicted molar refractivity (Wildman–Crippen MR) is 131 cm³/mol. The van der Waals surface area contributed by atoms with Crippen LogP contribution in [0.25, 0.3) is 43.1 Å². The van der Waals surface area contributed by atoms with E-state index in [1.165, 1.54) is 54.2 Å². The van der Waals surface area contributed by atoms with Crippen molar-refractivity contribution in [2.75, 3.05) is 0 Å². The summed E-state index contributed by atoms with van der Waals surface area (Å²) in [5, 5.41) is 10.8. The molecule has 30 heavy (non-hydrogen) atoms. The fourth-order valence-corrected chi connectivity index (χ4v) is 4.23. The van der Waals surface area contributed by atoms with Gasteiger partial charge in [-0.2, -0.15) is 12.1 Å². The van der Waals surface area contributed by atoms with Gasteiger partial charge in [0.05, 0.1) is 0 Å². The molecule has 0 radical (unpaired) electrons. The van der Waals surface area contributed by atoms with Crippen LogP contribution in [0.4, 0.5) is 0 Å². The fourth-order valence-electron chi connectivity index (χ4n) is 4.23. The molecule has 0 spiro atoms. The number of benzene rings is 4. The molecule has 0 aliphatic heterocycles. The zero-order valence-electron chi connectivity index (χ0n) is 17.4. The van der Waals surface area contributed by atoms with Crippen molar-refractivity contribution in [3.8, 4) is 0 Å². The zero-order valence-corrected chi connectivity index (χ0v) is 21.0. The first-order valence-electron chi connectivity index (χ1n) is 10.1. The van der Waals surface area contributed by atoms with E-state index in [4.69, 9.17) is 0 Å². The van der Waals surface area contributed by atoms with E-state index in [1.807, 2.05) is 0 Å². The Labute approximate surface area is 192 Å². The van der Waals surface area contributed by atoms with E-state index in [9.17, 15) is 0 Å². The summed E-state index contributed by atoms with van der Waals surface area (Å²) in [6.07, 6.45) is 0. The quantitative estimate of drug-likeness (QED) is 0.133. The fraction of sp³-hybridized carbons (Fsp3) is 0.0690. The van der Waals surface area contributed by atoms with Crippen molar-refractivity contribution in [2.45, 2.75) is 13.8 Å². The summed E-state index contributed by atoms with van der Waals surface area (Å²) in [7, 11) is 0. The molecular formula is C29H24Hf. The van der Waals surface area contributed by atoms with Crippen LogP contribution in [0.1, 0.15) is 11.1 Å². The molecule has 0 nitrogen and oxygen atoms in total. The van der Waals surface area contributed by atoms with Crippen LogP contribution < -0.4 is 0 Å². The molecule has 0 unspecified atom stereocenters. The molecule has 0 aliphatic rings. The molecule has 0 amide bonds. The van der Waals surface area contributed by atoms with Gasteiger partial charge in [-0.05, 0) is 0 Å². The molecule has 6 aromatic carbocycles. The van der Waals surface area contributed by atoms with Crippen LogP contribution in [0.15, 0.2) is 97.1 Å². The van der Waals surface area contributed by atoms with Gasteiger partial charge in [0.15, 0.2) is 0 Å². The number of rotatable bonds is 0. The van der Waals surface area contributed by atoms with Crippen molar-refractivity contribution in [1.29, 1.82) is 0 Å². The molecule has 144 valence electrons. The zero-order chi connectivity index (χ0) is 21.1. The normalized spacial score (nSPS) is 10.7. The molecule has 1 heteroatoms.